The Kier molecular flexibility index (Phi) is 4.27. The van der Waals surface area contributed by atoms with Crippen LogP contribution in [0, 0.1) is 17.6 Å². The van der Waals surface area contributed by atoms with Gasteiger partial charge in [-0.3, -0.25) is 14.6 Å². The number of nitrogens with zero attached hydrogens (tertiary/aromatic N) is 2. The number of carbonyl (C=O) groups excluding carboxylic acids is 2. The van der Waals surface area contributed by atoms with E-state index in [1.165, 1.54) is 11.0 Å². The molecule has 2 aromatic carbocycles. The molecule has 2 heterocycles. The van der Waals surface area contributed by atoms with Gasteiger partial charge in [-0.1, -0.05) is 18.2 Å². The lowest BCUT2D eigenvalue weighted by Gasteiger charge is -2.17. The first kappa shape index (κ1) is 17.1. The second-order valence-electron chi connectivity index (χ2n) is 6.37. The van der Waals surface area contributed by atoms with E-state index < -0.39 is 17.6 Å². The first-order valence-corrected chi connectivity index (χ1v) is 8.43. The van der Waals surface area contributed by atoms with E-state index in [9.17, 15) is 18.4 Å². The highest BCUT2D eigenvalue weighted by Crippen LogP contribution is 2.29. The van der Waals surface area contributed by atoms with Gasteiger partial charge in [-0.15, -0.1) is 0 Å². The van der Waals surface area contributed by atoms with Crippen LogP contribution in [0.15, 0.2) is 54.7 Å². The van der Waals surface area contributed by atoms with Crippen molar-refractivity contribution < 1.29 is 18.4 Å². The molecule has 0 radical (unpaired) electrons. The van der Waals surface area contributed by atoms with Gasteiger partial charge in [-0.25, -0.2) is 8.78 Å². The lowest BCUT2D eigenvalue weighted by molar-refractivity contribution is -0.122. The van der Waals surface area contributed by atoms with Gasteiger partial charge < -0.3 is 10.2 Å². The van der Waals surface area contributed by atoms with E-state index in [0.717, 1.165) is 17.5 Å². The molecule has 4 rings (SSSR count). The molecule has 5 nitrogen and oxygen atoms in total. The standard InChI is InChI=1S/C20H15F2N3O2/c21-14-6-7-17(15(22)10-14)25-11-13(9-18(25)26)20(27)24-16-5-1-3-12-4-2-8-23-19(12)16/h1-8,10,13H,9,11H2,(H,24,27). The monoisotopic (exact) mass is 367 g/mol. The van der Waals surface area contributed by atoms with Crippen LogP contribution in [0.2, 0.25) is 0 Å². The van der Waals surface area contributed by atoms with E-state index in [1.807, 2.05) is 12.1 Å². The molecule has 0 saturated carbocycles. The number of rotatable bonds is 3. The Morgan fingerprint density at radius 1 is 1.15 bits per heavy atom. The quantitative estimate of drug-likeness (QED) is 0.771. The molecule has 1 N–H and O–H groups in total. The van der Waals surface area contributed by atoms with Gasteiger partial charge in [0, 0.05) is 30.6 Å². The lowest BCUT2D eigenvalue weighted by Crippen LogP contribution is -2.28. The Morgan fingerprint density at radius 3 is 2.78 bits per heavy atom. The third-order valence-corrected chi connectivity index (χ3v) is 4.59. The summed E-state index contributed by atoms with van der Waals surface area (Å²) in [6.45, 7) is 0.0331. The Balaban J connectivity index is 1.54. The van der Waals surface area contributed by atoms with E-state index in [0.29, 0.717) is 11.2 Å². The largest absolute Gasteiger partial charge is 0.324 e. The number of hydrogen-bond donors (Lipinski definition) is 1. The fourth-order valence-electron chi connectivity index (χ4n) is 3.26. The molecule has 1 unspecified atom stereocenters. The summed E-state index contributed by atoms with van der Waals surface area (Å²) in [5, 5.41) is 3.69. The van der Waals surface area contributed by atoms with Crippen molar-refractivity contribution in [3.8, 4) is 0 Å². The van der Waals surface area contributed by atoms with Gasteiger partial charge in [0.05, 0.1) is 22.8 Å². The van der Waals surface area contributed by atoms with Crippen molar-refractivity contribution in [1.29, 1.82) is 0 Å². The third kappa shape index (κ3) is 3.23. The van der Waals surface area contributed by atoms with Gasteiger partial charge >= 0.3 is 0 Å². The number of para-hydroxylation sites is 1. The van der Waals surface area contributed by atoms with Gasteiger partial charge in [-0.05, 0) is 24.3 Å². The van der Waals surface area contributed by atoms with Gasteiger partial charge in [0.15, 0.2) is 0 Å². The number of halogens is 2. The summed E-state index contributed by atoms with van der Waals surface area (Å²) in [5.41, 5.74) is 1.18. The number of nitrogens with one attached hydrogen (secondary N) is 1. The number of carbonyl (C=O) groups is 2. The third-order valence-electron chi connectivity index (χ3n) is 4.59. The molecule has 136 valence electrons. The SMILES string of the molecule is O=C(Nc1cccc2cccnc12)C1CC(=O)N(c2ccc(F)cc2F)C1. The second kappa shape index (κ2) is 6.75. The first-order valence-electron chi connectivity index (χ1n) is 8.43. The maximum absolute atomic E-state index is 14.0. The summed E-state index contributed by atoms with van der Waals surface area (Å²) < 4.78 is 27.1. The predicted molar refractivity (Wildman–Crippen MR) is 97.2 cm³/mol. The van der Waals surface area contributed by atoms with Crippen LogP contribution < -0.4 is 10.2 Å². The zero-order valence-corrected chi connectivity index (χ0v) is 14.2. The van der Waals surface area contributed by atoms with Crippen LogP contribution in [-0.2, 0) is 9.59 Å². The van der Waals surface area contributed by atoms with E-state index >= 15 is 0 Å². The van der Waals surface area contributed by atoms with Crippen LogP contribution in [0.1, 0.15) is 6.42 Å². The van der Waals surface area contributed by atoms with Crippen molar-refractivity contribution in [3.05, 3.63) is 66.4 Å². The fourth-order valence-corrected chi connectivity index (χ4v) is 3.26. The van der Waals surface area contributed by atoms with E-state index in [1.54, 1.807) is 24.4 Å². The second-order valence-corrected chi connectivity index (χ2v) is 6.37. The number of pyridine rings is 1. The molecule has 1 aliphatic heterocycles. The van der Waals surface area contributed by atoms with Crippen molar-refractivity contribution in [1.82, 2.24) is 4.98 Å². The number of fused-ring (bicyclic) bond motifs is 1. The molecular formula is C20H15F2N3O2. The molecule has 1 fully saturated rings. The molecule has 3 aromatic rings. The van der Waals surface area contributed by atoms with Crippen LogP contribution in [0.4, 0.5) is 20.2 Å². The maximum atomic E-state index is 14.0. The summed E-state index contributed by atoms with van der Waals surface area (Å²) in [6.07, 6.45) is 1.59. The smallest absolute Gasteiger partial charge is 0.229 e. The van der Waals surface area contributed by atoms with E-state index in [4.69, 9.17) is 0 Å². The highest BCUT2D eigenvalue weighted by Gasteiger charge is 2.36. The van der Waals surface area contributed by atoms with Crippen LogP contribution >= 0.6 is 0 Å². The molecule has 0 aliphatic carbocycles. The molecular weight excluding hydrogens is 352 g/mol. The van der Waals surface area contributed by atoms with E-state index in [-0.39, 0.29) is 30.5 Å². The average Bonchev–Trinajstić information content (AvgIpc) is 3.04. The number of benzene rings is 2. The van der Waals surface area contributed by atoms with E-state index in [2.05, 4.69) is 10.3 Å². The maximum Gasteiger partial charge on any atom is 0.229 e. The van der Waals surface area contributed by atoms with Gasteiger partial charge in [-0.2, -0.15) is 0 Å². The first-order chi connectivity index (χ1) is 13.0. The zero-order valence-electron chi connectivity index (χ0n) is 14.2. The zero-order chi connectivity index (χ0) is 19.0. The van der Waals surface area contributed by atoms with Gasteiger partial charge in [0.2, 0.25) is 11.8 Å². The van der Waals surface area contributed by atoms with Crippen molar-refractivity contribution >= 4 is 34.1 Å². The molecule has 27 heavy (non-hydrogen) atoms. The topological polar surface area (TPSA) is 62.3 Å². The Hall–Kier alpha value is -3.35. The Labute approximate surface area is 153 Å². The predicted octanol–water partition coefficient (Wildman–Crippen LogP) is 3.50. The minimum Gasteiger partial charge on any atom is -0.324 e. The summed E-state index contributed by atoms with van der Waals surface area (Å²) >= 11 is 0. The number of hydrogen-bond acceptors (Lipinski definition) is 3. The average molecular weight is 367 g/mol. The highest BCUT2D eigenvalue weighted by molar-refractivity contribution is 6.06. The molecule has 7 heteroatoms. The molecule has 2 amide bonds. The van der Waals surface area contributed by atoms with Crippen LogP contribution in [-0.4, -0.2) is 23.3 Å². The van der Waals surface area contributed by atoms with Gasteiger partial charge in [0.1, 0.15) is 11.6 Å². The molecule has 1 saturated heterocycles. The molecule has 1 aromatic heterocycles. The molecule has 1 aliphatic rings. The minimum absolute atomic E-state index is 0.0245. The van der Waals surface area contributed by atoms with Gasteiger partial charge in [0.25, 0.3) is 0 Å². The van der Waals surface area contributed by atoms with Crippen molar-refractivity contribution in [2.45, 2.75) is 6.42 Å². The van der Waals surface area contributed by atoms with Crippen molar-refractivity contribution in [2.75, 3.05) is 16.8 Å². The molecule has 0 spiro atoms. The number of aromatic nitrogens is 1. The lowest BCUT2D eigenvalue weighted by atomic mass is 10.1. The Bertz CT molecular complexity index is 1050. The van der Waals surface area contributed by atoms with Crippen LogP contribution in [0.3, 0.4) is 0 Å². The van der Waals surface area contributed by atoms with Crippen LogP contribution in [0.5, 0.6) is 0 Å². The number of anilines is 2. The summed E-state index contributed by atoms with van der Waals surface area (Å²) in [7, 11) is 0. The van der Waals surface area contributed by atoms with Crippen LogP contribution in [0.25, 0.3) is 10.9 Å². The molecule has 1 atom stereocenters. The molecule has 0 bridgehead atoms. The summed E-state index contributed by atoms with van der Waals surface area (Å²) in [5.74, 6) is -2.91. The summed E-state index contributed by atoms with van der Waals surface area (Å²) in [6, 6.07) is 12.1. The van der Waals surface area contributed by atoms with Crippen molar-refractivity contribution in [2.24, 2.45) is 5.92 Å². The fraction of sp³-hybridized carbons (Fsp3) is 0.150. The Morgan fingerprint density at radius 2 is 1.96 bits per heavy atom. The number of amides is 2. The van der Waals surface area contributed by atoms with Crippen molar-refractivity contribution in [3.63, 3.8) is 0 Å². The normalized spacial score (nSPS) is 16.7. The highest BCUT2D eigenvalue weighted by atomic mass is 19.1. The minimum atomic E-state index is -0.831. The summed E-state index contributed by atoms with van der Waals surface area (Å²) in [4.78, 5) is 30.4.